The van der Waals surface area contributed by atoms with Crippen molar-refractivity contribution in [3.8, 4) is 0 Å². The normalized spacial score (nSPS) is 23.6. The highest BCUT2D eigenvalue weighted by Gasteiger charge is 2.32. The molecule has 1 saturated carbocycles. The van der Waals surface area contributed by atoms with Gasteiger partial charge in [-0.25, -0.2) is 22.9 Å². The van der Waals surface area contributed by atoms with Gasteiger partial charge in [0.05, 0.1) is 5.51 Å². The summed E-state index contributed by atoms with van der Waals surface area (Å²) in [7, 11) is -3.92. The standard InChI is InChI=1S/C11H16N2O5S2/c14-5-7-3-1-2-4-8(7)13-20(17,18)11-9(10(15)16)12-6-19-11/h6-8,13-14H,1-5H2,(H,15,16). The molecule has 3 N–H and O–H groups in total. The Bertz CT molecular complexity index is 583. The van der Waals surface area contributed by atoms with Gasteiger partial charge in [0.2, 0.25) is 0 Å². The zero-order chi connectivity index (χ0) is 14.8. The van der Waals surface area contributed by atoms with E-state index in [0.717, 1.165) is 30.6 Å². The Morgan fingerprint density at radius 1 is 1.45 bits per heavy atom. The van der Waals surface area contributed by atoms with Crippen LogP contribution in [0.4, 0.5) is 0 Å². The minimum atomic E-state index is -3.92. The monoisotopic (exact) mass is 320 g/mol. The second kappa shape index (κ2) is 6.17. The molecule has 0 amide bonds. The number of thiazole rings is 1. The second-order valence-corrected chi connectivity index (χ2v) is 7.51. The van der Waals surface area contributed by atoms with Crippen molar-refractivity contribution < 1.29 is 23.4 Å². The van der Waals surface area contributed by atoms with Crippen LogP contribution in [0.1, 0.15) is 36.2 Å². The third kappa shape index (κ3) is 3.17. The van der Waals surface area contributed by atoms with E-state index in [0.29, 0.717) is 6.42 Å². The highest BCUT2D eigenvalue weighted by molar-refractivity contribution is 7.91. The fourth-order valence-electron chi connectivity index (χ4n) is 2.40. The van der Waals surface area contributed by atoms with Crippen LogP contribution in [0, 0.1) is 5.92 Å². The Morgan fingerprint density at radius 3 is 2.80 bits per heavy atom. The lowest BCUT2D eigenvalue weighted by atomic mass is 9.86. The van der Waals surface area contributed by atoms with Crippen molar-refractivity contribution in [2.45, 2.75) is 35.9 Å². The van der Waals surface area contributed by atoms with Crippen molar-refractivity contribution in [3.63, 3.8) is 0 Å². The summed E-state index contributed by atoms with van der Waals surface area (Å²) < 4.78 is 26.8. The Labute approximate surface area is 120 Å². The molecule has 0 saturated heterocycles. The smallest absolute Gasteiger partial charge is 0.356 e. The summed E-state index contributed by atoms with van der Waals surface area (Å²) in [5.74, 6) is -1.49. The maximum absolute atomic E-state index is 12.3. The van der Waals surface area contributed by atoms with Crippen LogP contribution in [0.25, 0.3) is 0 Å². The molecule has 2 unspecified atom stereocenters. The predicted octanol–water partition coefficient (Wildman–Crippen LogP) is 0.671. The third-order valence-corrected chi connectivity index (χ3v) is 6.29. The largest absolute Gasteiger partial charge is 0.476 e. The quantitative estimate of drug-likeness (QED) is 0.734. The first kappa shape index (κ1) is 15.4. The molecule has 0 aliphatic heterocycles. The van der Waals surface area contributed by atoms with Crippen LogP contribution in [0.3, 0.4) is 0 Å². The van der Waals surface area contributed by atoms with E-state index >= 15 is 0 Å². The van der Waals surface area contributed by atoms with E-state index in [1.807, 2.05) is 0 Å². The molecule has 0 aromatic carbocycles. The van der Waals surface area contributed by atoms with Crippen molar-refractivity contribution in [3.05, 3.63) is 11.2 Å². The third-order valence-electron chi connectivity index (χ3n) is 3.43. The van der Waals surface area contributed by atoms with Gasteiger partial charge in [-0.3, -0.25) is 0 Å². The fourth-order valence-corrected chi connectivity index (χ4v) is 4.90. The van der Waals surface area contributed by atoms with Gasteiger partial charge < -0.3 is 10.2 Å². The van der Waals surface area contributed by atoms with Crippen LogP contribution >= 0.6 is 11.3 Å². The molecular formula is C11H16N2O5S2. The molecule has 1 aliphatic rings. The van der Waals surface area contributed by atoms with E-state index in [1.54, 1.807) is 0 Å². The van der Waals surface area contributed by atoms with Crippen LogP contribution in [0.15, 0.2) is 9.72 Å². The van der Waals surface area contributed by atoms with Gasteiger partial charge in [0, 0.05) is 12.6 Å². The van der Waals surface area contributed by atoms with Crippen molar-refractivity contribution in [1.82, 2.24) is 9.71 Å². The molecular weight excluding hydrogens is 304 g/mol. The van der Waals surface area contributed by atoms with E-state index < -0.39 is 21.7 Å². The molecule has 20 heavy (non-hydrogen) atoms. The van der Waals surface area contributed by atoms with Gasteiger partial charge in [0.1, 0.15) is 0 Å². The number of aromatic nitrogens is 1. The lowest BCUT2D eigenvalue weighted by molar-refractivity contribution is 0.0687. The van der Waals surface area contributed by atoms with Gasteiger partial charge >= 0.3 is 5.97 Å². The number of carboxylic acids is 1. The zero-order valence-corrected chi connectivity index (χ0v) is 12.3. The number of nitrogens with one attached hydrogen (secondary N) is 1. The zero-order valence-electron chi connectivity index (χ0n) is 10.7. The molecule has 0 radical (unpaired) electrons. The summed E-state index contributed by atoms with van der Waals surface area (Å²) >= 11 is 0.777. The predicted molar refractivity (Wildman–Crippen MR) is 72.2 cm³/mol. The number of aromatic carboxylic acids is 1. The summed E-state index contributed by atoms with van der Waals surface area (Å²) in [6.07, 6.45) is 3.26. The topological polar surface area (TPSA) is 117 Å². The molecule has 1 heterocycles. The summed E-state index contributed by atoms with van der Waals surface area (Å²) in [5.41, 5.74) is 0.737. The van der Waals surface area contributed by atoms with Gasteiger partial charge in [-0.15, -0.1) is 11.3 Å². The number of carbonyl (C=O) groups is 1. The number of rotatable bonds is 5. The van der Waals surface area contributed by atoms with E-state index in [-0.39, 0.29) is 22.8 Å². The van der Waals surface area contributed by atoms with Crippen LogP contribution in [-0.4, -0.2) is 42.2 Å². The highest BCUT2D eigenvalue weighted by Crippen LogP contribution is 2.27. The minimum absolute atomic E-state index is 0.0817. The van der Waals surface area contributed by atoms with E-state index in [9.17, 15) is 18.3 Å². The van der Waals surface area contributed by atoms with Gasteiger partial charge in [-0.1, -0.05) is 12.8 Å². The first-order valence-electron chi connectivity index (χ1n) is 6.25. The SMILES string of the molecule is O=C(O)c1ncsc1S(=O)(=O)NC1CCCCC1CO. The number of sulfonamides is 1. The Balaban J connectivity index is 2.22. The van der Waals surface area contributed by atoms with Gasteiger partial charge in [0.15, 0.2) is 9.90 Å². The summed E-state index contributed by atoms with van der Waals surface area (Å²) in [4.78, 5) is 14.5. The molecule has 112 valence electrons. The van der Waals surface area contributed by atoms with Crippen molar-refractivity contribution in [2.75, 3.05) is 6.61 Å². The maximum Gasteiger partial charge on any atom is 0.356 e. The van der Waals surface area contributed by atoms with Crippen molar-refractivity contribution >= 4 is 27.3 Å². The molecule has 1 aliphatic carbocycles. The van der Waals surface area contributed by atoms with Crippen LogP contribution in [-0.2, 0) is 10.0 Å². The summed E-state index contributed by atoms with van der Waals surface area (Å²) in [5, 5.41) is 18.2. The number of nitrogens with zero attached hydrogens (tertiary/aromatic N) is 1. The Morgan fingerprint density at radius 2 is 2.15 bits per heavy atom. The number of aliphatic hydroxyl groups is 1. The van der Waals surface area contributed by atoms with Gasteiger partial charge in [-0.2, -0.15) is 0 Å². The van der Waals surface area contributed by atoms with E-state index in [4.69, 9.17) is 5.11 Å². The summed E-state index contributed by atoms with van der Waals surface area (Å²) in [6, 6.07) is -0.359. The second-order valence-electron chi connectivity index (χ2n) is 4.75. The molecule has 0 bridgehead atoms. The van der Waals surface area contributed by atoms with E-state index in [2.05, 4.69) is 9.71 Å². The molecule has 9 heteroatoms. The Kier molecular flexibility index (Phi) is 4.74. The van der Waals surface area contributed by atoms with Crippen LogP contribution in [0.2, 0.25) is 0 Å². The molecule has 7 nitrogen and oxygen atoms in total. The van der Waals surface area contributed by atoms with Crippen LogP contribution in [0.5, 0.6) is 0 Å². The maximum atomic E-state index is 12.3. The lowest BCUT2D eigenvalue weighted by Crippen LogP contribution is -2.43. The molecule has 0 spiro atoms. The summed E-state index contributed by atoms with van der Waals surface area (Å²) in [6.45, 7) is -0.0817. The first-order valence-corrected chi connectivity index (χ1v) is 8.62. The molecule has 2 rings (SSSR count). The highest BCUT2D eigenvalue weighted by atomic mass is 32.2. The van der Waals surface area contributed by atoms with Crippen molar-refractivity contribution in [2.24, 2.45) is 5.92 Å². The average molecular weight is 320 g/mol. The molecule has 1 aromatic heterocycles. The van der Waals surface area contributed by atoms with Crippen molar-refractivity contribution in [1.29, 1.82) is 0 Å². The van der Waals surface area contributed by atoms with Gasteiger partial charge in [-0.05, 0) is 18.8 Å². The number of hydrogen-bond acceptors (Lipinski definition) is 6. The molecule has 1 fully saturated rings. The number of hydrogen-bond donors (Lipinski definition) is 3. The first-order chi connectivity index (χ1) is 9.45. The lowest BCUT2D eigenvalue weighted by Gasteiger charge is -2.30. The number of carboxylic acid groups (broad SMARTS) is 1. The average Bonchev–Trinajstić information content (AvgIpc) is 2.89. The van der Waals surface area contributed by atoms with Gasteiger partial charge in [0.25, 0.3) is 10.0 Å². The van der Waals surface area contributed by atoms with E-state index in [1.165, 1.54) is 5.51 Å². The number of aliphatic hydroxyl groups excluding tert-OH is 1. The fraction of sp³-hybridized carbons (Fsp3) is 0.636. The minimum Gasteiger partial charge on any atom is -0.476 e. The Hall–Kier alpha value is -1.03. The van der Waals surface area contributed by atoms with Crippen LogP contribution < -0.4 is 4.72 Å². The molecule has 2 atom stereocenters. The molecule has 1 aromatic rings.